The Morgan fingerprint density at radius 3 is 2.33 bits per heavy atom. The van der Waals surface area contributed by atoms with Crippen molar-refractivity contribution < 1.29 is 14.7 Å². The Morgan fingerprint density at radius 1 is 1.22 bits per heavy atom. The van der Waals surface area contributed by atoms with Gasteiger partial charge in [0, 0.05) is 12.6 Å². The molecule has 1 aromatic rings. The van der Waals surface area contributed by atoms with Crippen LogP contribution in [-0.2, 0) is 11.2 Å². The maximum atomic E-state index is 11.9. The molecule has 0 fully saturated rings. The summed E-state index contributed by atoms with van der Waals surface area (Å²) < 4.78 is 0. The molecule has 0 aliphatic rings. The third kappa shape index (κ3) is 4.20. The third-order valence-electron chi connectivity index (χ3n) is 2.74. The highest BCUT2D eigenvalue weighted by Gasteiger charge is 2.13. The van der Waals surface area contributed by atoms with Gasteiger partial charge in [0.15, 0.2) is 0 Å². The summed E-state index contributed by atoms with van der Waals surface area (Å²) in [4.78, 5) is 23.6. The molecule has 1 N–H and O–H groups in total. The van der Waals surface area contributed by atoms with Crippen molar-refractivity contribution in [3.05, 3.63) is 35.4 Å². The number of aryl methyl sites for hydroxylation is 1. The minimum atomic E-state index is -1.01. The largest absolute Gasteiger partial charge is 0.480 e. The molecular formula is C14H19NO3. The molecule has 0 radical (unpaired) electrons. The molecule has 0 heterocycles. The number of nitrogens with zero attached hydrogens (tertiary/aromatic N) is 1. The Morgan fingerprint density at radius 2 is 1.83 bits per heavy atom. The molecule has 0 atom stereocenters. The van der Waals surface area contributed by atoms with Crippen LogP contribution in [0.3, 0.4) is 0 Å². The number of aliphatic carboxylic acids is 1. The fourth-order valence-electron chi connectivity index (χ4n) is 1.69. The summed E-state index contributed by atoms with van der Waals surface area (Å²) in [5.41, 5.74) is 1.73. The Kier molecular flexibility index (Phi) is 5.36. The summed E-state index contributed by atoms with van der Waals surface area (Å²) >= 11 is 0. The second-order valence-electron chi connectivity index (χ2n) is 4.36. The quantitative estimate of drug-likeness (QED) is 0.840. The predicted molar refractivity (Wildman–Crippen MR) is 69.7 cm³/mol. The van der Waals surface area contributed by atoms with E-state index in [1.165, 1.54) is 17.5 Å². The van der Waals surface area contributed by atoms with Crippen molar-refractivity contribution in [2.75, 3.05) is 13.6 Å². The van der Waals surface area contributed by atoms with Crippen molar-refractivity contribution >= 4 is 11.9 Å². The first kappa shape index (κ1) is 14.2. The van der Waals surface area contributed by atoms with E-state index in [9.17, 15) is 9.59 Å². The summed E-state index contributed by atoms with van der Waals surface area (Å²) in [6.07, 6.45) is 3.28. The van der Waals surface area contributed by atoms with Crippen LogP contribution in [0, 0.1) is 0 Å². The lowest BCUT2D eigenvalue weighted by Gasteiger charge is -2.14. The summed E-state index contributed by atoms with van der Waals surface area (Å²) in [7, 11) is 1.49. The van der Waals surface area contributed by atoms with Gasteiger partial charge >= 0.3 is 5.97 Å². The van der Waals surface area contributed by atoms with E-state index < -0.39 is 5.97 Å². The summed E-state index contributed by atoms with van der Waals surface area (Å²) in [5.74, 6) is -1.27. The number of carbonyl (C=O) groups is 2. The van der Waals surface area contributed by atoms with Gasteiger partial charge < -0.3 is 10.0 Å². The first-order valence-corrected chi connectivity index (χ1v) is 6.10. The lowest BCUT2D eigenvalue weighted by Crippen LogP contribution is -2.31. The average Bonchev–Trinajstić information content (AvgIpc) is 2.35. The molecule has 4 nitrogen and oxygen atoms in total. The molecule has 0 saturated carbocycles. The number of hydrogen-bond donors (Lipinski definition) is 1. The normalized spacial score (nSPS) is 10.1. The van der Waals surface area contributed by atoms with Crippen LogP contribution in [0.4, 0.5) is 0 Å². The smallest absolute Gasteiger partial charge is 0.323 e. The van der Waals surface area contributed by atoms with Gasteiger partial charge in [0.1, 0.15) is 6.54 Å². The minimum absolute atomic E-state index is 0.264. The number of rotatable bonds is 6. The van der Waals surface area contributed by atoms with Gasteiger partial charge in [-0.15, -0.1) is 0 Å². The van der Waals surface area contributed by atoms with Crippen molar-refractivity contribution in [3.8, 4) is 0 Å². The molecule has 0 aromatic heterocycles. The van der Waals surface area contributed by atoms with Gasteiger partial charge in [-0.3, -0.25) is 9.59 Å². The molecule has 4 heteroatoms. The predicted octanol–water partition coefficient (Wildman–Crippen LogP) is 2.19. The van der Waals surface area contributed by atoms with Gasteiger partial charge in [0.05, 0.1) is 0 Å². The monoisotopic (exact) mass is 249 g/mol. The highest BCUT2D eigenvalue weighted by Crippen LogP contribution is 2.09. The molecular weight excluding hydrogens is 230 g/mol. The number of benzene rings is 1. The van der Waals surface area contributed by atoms with Crippen LogP contribution in [0.2, 0.25) is 0 Å². The topological polar surface area (TPSA) is 57.6 Å². The summed E-state index contributed by atoms with van der Waals surface area (Å²) in [5, 5.41) is 8.63. The average molecular weight is 249 g/mol. The van der Waals surface area contributed by atoms with Gasteiger partial charge in [-0.1, -0.05) is 25.5 Å². The first-order valence-electron chi connectivity index (χ1n) is 6.10. The molecule has 0 aliphatic carbocycles. The van der Waals surface area contributed by atoms with Crippen molar-refractivity contribution in [3.63, 3.8) is 0 Å². The molecule has 1 aromatic carbocycles. The van der Waals surface area contributed by atoms with E-state index >= 15 is 0 Å². The number of carboxylic acids is 1. The van der Waals surface area contributed by atoms with E-state index in [-0.39, 0.29) is 12.5 Å². The second-order valence-corrected chi connectivity index (χ2v) is 4.36. The summed E-state index contributed by atoms with van der Waals surface area (Å²) in [6.45, 7) is 1.86. The van der Waals surface area contributed by atoms with Gasteiger partial charge in [0.2, 0.25) is 0 Å². The fourth-order valence-corrected chi connectivity index (χ4v) is 1.69. The maximum Gasteiger partial charge on any atom is 0.323 e. The van der Waals surface area contributed by atoms with Crippen LogP contribution in [0.15, 0.2) is 24.3 Å². The van der Waals surface area contributed by atoms with E-state index in [2.05, 4.69) is 6.92 Å². The minimum Gasteiger partial charge on any atom is -0.480 e. The Labute approximate surface area is 107 Å². The SMILES string of the molecule is CCCCc1ccc(C(=O)N(C)CC(=O)O)cc1. The zero-order valence-corrected chi connectivity index (χ0v) is 10.8. The number of carbonyl (C=O) groups excluding carboxylic acids is 1. The zero-order valence-electron chi connectivity index (χ0n) is 10.8. The van der Waals surface area contributed by atoms with E-state index in [0.717, 1.165) is 19.3 Å². The van der Waals surface area contributed by atoms with Crippen LogP contribution < -0.4 is 0 Å². The Balaban J connectivity index is 2.66. The molecule has 0 bridgehead atoms. The van der Waals surface area contributed by atoms with Crippen molar-refractivity contribution in [2.45, 2.75) is 26.2 Å². The van der Waals surface area contributed by atoms with E-state index in [4.69, 9.17) is 5.11 Å². The number of likely N-dealkylation sites (N-methyl/N-ethyl adjacent to an activating group) is 1. The number of carboxylic acid groups (broad SMARTS) is 1. The zero-order chi connectivity index (χ0) is 13.5. The molecule has 0 aliphatic heterocycles. The van der Waals surface area contributed by atoms with Crippen LogP contribution in [0.1, 0.15) is 35.7 Å². The van der Waals surface area contributed by atoms with Crippen molar-refractivity contribution in [1.82, 2.24) is 4.90 Å². The first-order chi connectivity index (χ1) is 8.54. The lowest BCUT2D eigenvalue weighted by molar-refractivity contribution is -0.137. The number of amides is 1. The molecule has 1 amide bonds. The molecule has 1 rings (SSSR count). The Hall–Kier alpha value is -1.84. The van der Waals surface area contributed by atoms with Gasteiger partial charge in [0.25, 0.3) is 5.91 Å². The Bertz CT molecular complexity index is 412. The van der Waals surface area contributed by atoms with E-state index in [0.29, 0.717) is 5.56 Å². The van der Waals surface area contributed by atoms with Gasteiger partial charge in [-0.05, 0) is 30.5 Å². The van der Waals surface area contributed by atoms with Crippen LogP contribution in [-0.4, -0.2) is 35.5 Å². The lowest BCUT2D eigenvalue weighted by atomic mass is 10.1. The standard InChI is InChI=1S/C14H19NO3/c1-3-4-5-11-6-8-12(9-7-11)14(18)15(2)10-13(16)17/h6-9H,3-5,10H2,1-2H3,(H,16,17). The number of unbranched alkanes of at least 4 members (excludes halogenated alkanes) is 1. The van der Waals surface area contributed by atoms with Crippen molar-refractivity contribution in [2.24, 2.45) is 0 Å². The third-order valence-corrected chi connectivity index (χ3v) is 2.74. The molecule has 98 valence electrons. The number of hydrogen-bond acceptors (Lipinski definition) is 2. The van der Waals surface area contributed by atoms with E-state index in [1.54, 1.807) is 12.1 Å². The van der Waals surface area contributed by atoms with Gasteiger partial charge in [-0.25, -0.2) is 0 Å². The molecule has 0 spiro atoms. The molecule has 18 heavy (non-hydrogen) atoms. The van der Waals surface area contributed by atoms with Crippen LogP contribution in [0.25, 0.3) is 0 Å². The van der Waals surface area contributed by atoms with Crippen molar-refractivity contribution in [1.29, 1.82) is 0 Å². The maximum absolute atomic E-state index is 11.9. The molecule has 0 unspecified atom stereocenters. The molecule has 0 saturated heterocycles. The van der Waals surface area contributed by atoms with E-state index in [1.807, 2.05) is 12.1 Å². The fraction of sp³-hybridized carbons (Fsp3) is 0.429. The highest BCUT2D eigenvalue weighted by molar-refractivity contribution is 5.95. The van der Waals surface area contributed by atoms with Gasteiger partial charge in [-0.2, -0.15) is 0 Å². The summed E-state index contributed by atoms with van der Waals surface area (Å²) in [6, 6.07) is 7.37. The van der Waals surface area contributed by atoms with Crippen LogP contribution >= 0.6 is 0 Å². The second kappa shape index (κ2) is 6.79. The highest BCUT2D eigenvalue weighted by atomic mass is 16.4. The van der Waals surface area contributed by atoms with Crippen LogP contribution in [0.5, 0.6) is 0 Å².